The number of carboxylic acid groups (broad SMARTS) is 1. The molecule has 7 nitrogen and oxygen atoms in total. The van der Waals surface area contributed by atoms with Crippen LogP contribution in [0.1, 0.15) is 49.5 Å². The van der Waals surface area contributed by atoms with Gasteiger partial charge in [0.25, 0.3) is 11.9 Å². The van der Waals surface area contributed by atoms with Gasteiger partial charge < -0.3 is 20.9 Å². The first kappa shape index (κ1) is 30.9. The molecular formula is C30H38N2O5S. The first-order valence-corrected chi connectivity index (χ1v) is 13.3. The van der Waals surface area contributed by atoms with Crippen LogP contribution in [0.2, 0.25) is 0 Å². The van der Waals surface area contributed by atoms with Gasteiger partial charge in [0.15, 0.2) is 0 Å². The molecule has 8 heteroatoms. The Bertz CT molecular complexity index is 1240. The van der Waals surface area contributed by atoms with E-state index in [0.717, 1.165) is 47.2 Å². The minimum Gasteiger partial charge on any atom is -0.481 e. The lowest BCUT2D eigenvalue weighted by Gasteiger charge is -2.20. The Morgan fingerprint density at radius 1 is 1.03 bits per heavy atom. The van der Waals surface area contributed by atoms with Crippen molar-refractivity contribution in [3.63, 3.8) is 0 Å². The summed E-state index contributed by atoms with van der Waals surface area (Å²) in [6.45, 7) is 5.10. The van der Waals surface area contributed by atoms with Crippen molar-refractivity contribution in [2.24, 2.45) is 11.7 Å². The van der Waals surface area contributed by atoms with Gasteiger partial charge in [-0.1, -0.05) is 68.4 Å². The van der Waals surface area contributed by atoms with Gasteiger partial charge in [0.1, 0.15) is 6.04 Å². The van der Waals surface area contributed by atoms with E-state index >= 15 is 0 Å². The topological polar surface area (TPSA) is 119 Å². The molecule has 0 fully saturated rings. The van der Waals surface area contributed by atoms with Crippen molar-refractivity contribution in [1.82, 2.24) is 5.32 Å². The molecule has 0 aromatic heterocycles. The van der Waals surface area contributed by atoms with Crippen LogP contribution in [0.25, 0.3) is 21.9 Å². The summed E-state index contributed by atoms with van der Waals surface area (Å²) in [4.78, 5) is 34.8. The largest absolute Gasteiger partial charge is 0.481 e. The molecule has 0 aliphatic heterocycles. The number of hydrogen-bond acceptors (Lipinski definition) is 6. The van der Waals surface area contributed by atoms with Gasteiger partial charge in [-0.25, -0.2) is 4.79 Å². The van der Waals surface area contributed by atoms with Crippen molar-refractivity contribution in [3.8, 4) is 11.1 Å². The van der Waals surface area contributed by atoms with Crippen LogP contribution in [0.3, 0.4) is 0 Å². The van der Waals surface area contributed by atoms with Crippen molar-refractivity contribution in [2.75, 3.05) is 12.9 Å². The smallest absolute Gasteiger partial charge is 0.328 e. The van der Waals surface area contributed by atoms with E-state index < -0.39 is 18.0 Å². The van der Waals surface area contributed by atoms with Crippen LogP contribution < -0.4 is 11.1 Å². The van der Waals surface area contributed by atoms with Gasteiger partial charge in [-0.3, -0.25) is 9.59 Å². The molecule has 3 rings (SSSR count). The predicted octanol–water partition coefficient (Wildman–Crippen LogP) is 5.10. The van der Waals surface area contributed by atoms with Crippen LogP contribution >= 0.6 is 12.6 Å². The van der Waals surface area contributed by atoms with Crippen LogP contribution in [0, 0.1) is 5.92 Å². The van der Waals surface area contributed by atoms with Crippen LogP contribution in [-0.2, 0) is 20.7 Å². The van der Waals surface area contributed by atoms with E-state index in [0.29, 0.717) is 17.7 Å². The molecular weight excluding hydrogens is 500 g/mol. The zero-order chi connectivity index (χ0) is 28.2. The summed E-state index contributed by atoms with van der Waals surface area (Å²) in [5.41, 5.74) is 9.51. The van der Waals surface area contributed by atoms with Gasteiger partial charge in [-0.05, 0) is 58.7 Å². The number of benzene rings is 3. The van der Waals surface area contributed by atoms with Crippen LogP contribution in [0.15, 0.2) is 60.7 Å². The standard InChI is InChI=1S/C28H34N2O3S.C2H4O2/c1-18(2)15-26(28(32)33-3)30-27(31)24-14-12-19(11-13-21(29)17-34)16-25(24)23-10-6-8-20-7-4-5-9-22(20)23;1-2(3)4/h4-10,12,14,16,18,21,26,34H,11,13,15,17,29H2,1-3H3,(H,30,31);1H3,(H,3,4)/t21-,26+;/m1./s1. The van der Waals surface area contributed by atoms with E-state index in [9.17, 15) is 9.59 Å². The number of nitrogens with two attached hydrogens (primary N) is 1. The summed E-state index contributed by atoms with van der Waals surface area (Å²) < 4.78 is 4.93. The summed E-state index contributed by atoms with van der Waals surface area (Å²) >= 11 is 4.29. The number of thiol groups is 1. The van der Waals surface area contributed by atoms with E-state index in [-0.39, 0.29) is 17.9 Å². The molecule has 0 heterocycles. The maximum absolute atomic E-state index is 13.5. The minimum absolute atomic E-state index is 0.0177. The first-order chi connectivity index (χ1) is 18.1. The molecule has 4 N–H and O–H groups in total. The molecule has 2 atom stereocenters. The predicted molar refractivity (Wildman–Crippen MR) is 156 cm³/mol. The molecule has 0 aliphatic carbocycles. The number of rotatable bonds is 10. The number of carbonyl (C=O) groups excluding carboxylic acids is 2. The second kappa shape index (κ2) is 15.1. The van der Waals surface area contributed by atoms with E-state index in [1.54, 1.807) is 0 Å². The molecule has 3 aromatic rings. The summed E-state index contributed by atoms with van der Waals surface area (Å²) in [6.07, 6.45) is 2.10. The van der Waals surface area contributed by atoms with Gasteiger partial charge in [0, 0.05) is 24.3 Å². The molecule has 0 radical (unpaired) electrons. The Morgan fingerprint density at radius 3 is 2.32 bits per heavy atom. The molecule has 0 spiro atoms. The number of ether oxygens (including phenoxy) is 1. The number of fused-ring (bicyclic) bond motifs is 1. The van der Waals surface area contributed by atoms with Crippen molar-refractivity contribution < 1.29 is 24.2 Å². The number of methoxy groups -OCH3 is 1. The van der Waals surface area contributed by atoms with Crippen molar-refractivity contribution >= 4 is 41.2 Å². The fourth-order valence-corrected chi connectivity index (χ4v) is 4.32. The van der Waals surface area contributed by atoms with Gasteiger partial charge in [0.2, 0.25) is 0 Å². The van der Waals surface area contributed by atoms with Gasteiger partial charge in [-0.2, -0.15) is 12.6 Å². The summed E-state index contributed by atoms with van der Waals surface area (Å²) in [5, 5.41) is 12.5. The third kappa shape index (κ3) is 9.19. The molecule has 1 amide bonds. The minimum atomic E-state index is -0.833. The number of carboxylic acids is 1. The van der Waals surface area contributed by atoms with E-state index in [4.69, 9.17) is 20.4 Å². The highest BCUT2D eigenvalue weighted by atomic mass is 32.1. The number of esters is 1. The van der Waals surface area contributed by atoms with Gasteiger partial charge in [0.05, 0.1) is 7.11 Å². The number of carbonyl (C=O) groups is 3. The molecule has 38 heavy (non-hydrogen) atoms. The van der Waals surface area contributed by atoms with Crippen molar-refractivity contribution in [1.29, 1.82) is 0 Å². The Balaban J connectivity index is 0.00000118. The lowest BCUT2D eigenvalue weighted by atomic mass is 9.91. The number of nitrogens with one attached hydrogen (secondary N) is 1. The highest BCUT2D eigenvalue weighted by Crippen LogP contribution is 2.32. The van der Waals surface area contributed by atoms with E-state index in [1.165, 1.54) is 7.11 Å². The second-order valence-electron chi connectivity index (χ2n) is 9.59. The Morgan fingerprint density at radius 2 is 1.68 bits per heavy atom. The molecule has 0 saturated heterocycles. The molecule has 204 valence electrons. The number of hydrogen-bond donors (Lipinski definition) is 4. The summed E-state index contributed by atoms with van der Waals surface area (Å²) in [7, 11) is 1.34. The monoisotopic (exact) mass is 538 g/mol. The Hall–Kier alpha value is -3.36. The molecule has 0 bridgehead atoms. The highest BCUT2D eigenvalue weighted by Gasteiger charge is 2.25. The lowest BCUT2D eigenvalue weighted by Crippen LogP contribution is -2.42. The fourth-order valence-electron chi connectivity index (χ4n) is 4.14. The quantitative estimate of drug-likeness (QED) is 0.211. The zero-order valence-corrected chi connectivity index (χ0v) is 23.3. The average molecular weight is 539 g/mol. The van der Waals surface area contributed by atoms with Crippen LogP contribution in [-0.4, -0.2) is 47.9 Å². The summed E-state index contributed by atoms with van der Waals surface area (Å²) in [5.74, 6) is -0.717. The Labute approximate surface area is 230 Å². The van der Waals surface area contributed by atoms with E-state index in [2.05, 4.69) is 42.2 Å². The average Bonchev–Trinajstić information content (AvgIpc) is 2.89. The van der Waals surface area contributed by atoms with E-state index in [1.807, 2.05) is 50.2 Å². The number of aliphatic carboxylic acids is 1. The zero-order valence-electron chi connectivity index (χ0n) is 22.4. The fraction of sp³-hybridized carbons (Fsp3) is 0.367. The Kier molecular flexibility index (Phi) is 12.3. The van der Waals surface area contributed by atoms with Crippen molar-refractivity contribution in [2.45, 2.75) is 52.1 Å². The van der Waals surface area contributed by atoms with Crippen LogP contribution in [0.4, 0.5) is 0 Å². The SMILES string of the molecule is CC(=O)O.COC(=O)[C@H](CC(C)C)NC(=O)c1ccc(CC[C@@H](N)CS)cc1-c1cccc2ccccc12. The second-order valence-corrected chi connectivity index (χ2v) is 9.95. The molecule has 0 saturated carbocycles. The first-order valence-electron chi connectivity index (χ1n) is 12.6. The van der Waals surface area contributed by atoms with Crippen molar-refractivity contribution in [3.05, 3.63) is 71.8 Å². The molecule has 0 unspecified atom stereocenters. The number of amides is 1. The lowest BCUT2D eigenvalue weighted by molar-refractivity contribution is -0.143. The molecule has 3 aromatic carbocycles. The third-order valence-corrected chi connectivity index (χ3v) is 6.41. The maximum Gasteiger partial charge on any atom is 0.328 e. The highest BCUT2D eigenvalue weighted by molar-refractivity contribution is 7.80. The third-order valence-electron chi connectivity index (χ3n) is 5.94. The summed E-state index contributed by atoms with van der Waals surface area (Å²) in [6, 6.07) is 19.4. The maximum atomic E-state index is 13.5. The van der Waals surface area contributed by atoms with Crippen LogP contribution in [0.5, 0.6) is 0 Å². The van der Waals surface area contributed by atoms with Gasteiger partial charge >= 0.3 is 5.97 Å². The number of aryl methyl sites for hydroxylation is 1. The molecule has 0 aliphatic rings. The normalized spacial score (nSPS) is 12.3. The van der Waals surface area contributed by atoms with Gasteiger partial charge in [-0.15, -0.1) is 0 Å².